The summed E-state index contributed by atoms with van der Waals surface area (Å²) in [6.45, 7) is 14.3. The average Bonchev–Trinajstić information content (AvgIpc) is 0.946. The Kier molecular flexibility index (Phi) is 69.6. The molecule has 0 saturated heterocycles. The summed E-state index contributed by atoms with van der Waals surface area (Å²) in [6.07, 6.45) is 58.2. The van der Waals surface area contributed by atoms with E-state index in [0.29, 0.717) is 25.7 Å². The quantitative estimate of drug-likeness (QED) is 0.0222. The zero-order valence-corrected chi connectivity index (χ0v) is 68.3. The molecule has 4 unspecified atom stereocenters. The maximum atomic E-state index is 13.1. The highest BCUT2D eigenvalue weighted by atomic mass is 31.2. The first-order valence-corrected chi connectivity index (χ1v) is 45.3. The Morgan fingerprint density at radius 2 is 0.475 bits per heavy atom. The van der Waals surface area contributed by atoms with E-state index in [2.05, 4.69) is 55.4 Å². The smallest absolute Gasteiger partial charge is 0.462 e. The van der Waals surface area contributed by atoms with Crippen LogP contribution in [-0.4, -0.2) is 96.7 Å². The van der Waals surface area contributed by atoms with Gasteiger partial charge in [-0.05, 0) is 49.4 Å². The van der Waals surface area contributed by atoms with Gasteiger partial charge in [-0.25, -0.2) is 9.13 Å². The lowest BCUT2D eigenvalue weighted by Crippen LogP contribution is -2.30. The van der Waals surface area contributed by atoms with Gasteiger partial charge in [0.25, 0.3) is 0 Å². The van der Waals surface area contributed by atoms with Crippen LogP contribution in [0, 0.1) is 23.7 Å². The van der Waals surface area contributed by atoms with E-state index in [4.69, 9.17) is 37.0 Å². The van der Waals surface area contributed by atoms with Crippen LogP contribution in [0.4, 0.5) is 0 Å². The number of phosphoric acid groups is 2. The highest BCUT2D eigenvalue weighted by Crippen LogP contribution is 2.45. The molecule has 0 aromatic rings. The molecular weight excluding hydrogens is 1320 g/mol. The molecule has 0 fully saturated rings. The molecule has 0 bridgehead atoms. The van der Waals surface area contributed by atoms with Crippen molar-refractivity contribution in [2.45, 2.75) is 440 Å². The molecule has 3 N–H and O–H groups in total. The number of hydrogen-bond acceptors (Lipinski definition) is 15. The number of phosphoric ester groups is 2. The SMILES string of the molecule is CCC(C)CCCCCCCCCCCCC(=O)O[C@H](COC(=O)CCCCCCCCCCCCCCCCCCC(C)C)COP(=O)(O)OC[C@@H](O)COP(=O)(O)OC[C@@H](COC(=O)CCCCCCCCC(C)CC)OC(=O)CCCCCCCCCCCCCCCCCC(C)C. The van der Waals surface area contributed by atoms with Gasteiger partial charge in [-0.2, -0.15) is 0 Å². The van der Waals surface area contributed by atoms with Crippen LogP contribution in [0.3, 0.4) is 0 Å². The predicted molar refractivity (Wildman–Crippen MR) is 414 cm³/mol. The number of ether oxygens (including phenoxy) is 4. The fourth-order valence-electron chi connectivity index (χ4n) is 12.5. The summed E-state index contributed by atoms with van der Waals surface area (Å²) in [5.74, 6) is 1.04. The summed E-state index contributed by atoms with van der Waals surface area (Å²) in [7, 11) is -9.92. The van der Waals surface area contributed by atoms with Crippen LogP contribution in [-0.2, 0) is 65.4 Å². The Bertz CT molecular complexity index is 1980. The van der Waals surface area contributed by atoms with Crippen LogP contribution in [0.1, 0.15) is 421 Å². The molecule has 0 amide bonds. The van der Waals surface area contributed by atoms with Crippen molar-refractivity contribution in [3.63, 3.8) is 0 Å². The lowest BCUT2D eigenvalue weighted by molar-refractivity contribution is -0.161. The Balaban J connectivity index is 5.22. The predicted octanol–water partition coefficient (Wildman–Crippen LogP) is 24.4. The van der Waals surface area contributed by atoms with Crippen molar-refractivity contribution >= 4 is 39.5 Å². The number of aliphatic hydroxyl groups is 1. The molecule has 0 aliphatic carbocycles. The van der Waals surface area contributed by atoms with Crippen LogP contribution in [0.2, 0.25) is 0 Å². The molecule has 0 saturated carbocycles. The zero-order chi connectivity index (χ0) is 74.6. The Morgan fingerprint density at radius 1 is 0.277 bits per heavy atom. The summed E-state index contributed by atoms with van der Waals surface area (Å²) >= 11 is 0. The van der Waals surface area contributed by atoms with Gasteiger partial charge in [0.05, 0.1) is 26.4 Å². The molecule has 0 heterocycles. The largest absolute Gasteiger partial charge is 0.472 e. The Hall–Kier alpha value is -1.94. The van der Waals surface area contributed by atoms with Crippen LogP contribution in [0.5, 0.6) is 0 Å². The molecule has 0 radical (unpaired) electrons. The van der Waals surface area contributed by atoms with Gasteiger partial charge >= 0.3 is 39.5 Å². The van der Waals surface area contributed by atoms with Gasteiger partial charge in [-0.3, -0.25) is 37.3 Å². The Morgan fingerprint density at radius 3 is 0.703 bits per heavy atom. The van der Waals surface area contributed by atoms with Gasteiger partial charge in [0.2, 0.25) is 0 Å². The number of aliphatic hydroxyl groups excluding tert-OH is 1. The van der Waals surface area contributed by atoms with Gasteiger partial charge in [0, 0.05) is 25.7 Å². The van der Waals surface area contributed by atoms with Crippen molar-refractivity contribution in [3.05, 3.63) is 0 Å². The second kappa shape index (κ2) is 71.0. The Labute approximate surface area is 619 Å². The molecule has 0 rings (SSSR count). The third-order valence-electron chi connectivity index (χ3n) is 19.8. The van der Waals surface area contributed by atoms with Gasteiger partial charge in [-0.15, -0.1) is 0 Å². The fraction of sp³-hybridized carbons (Fsp3) is 0.951. The molecular formula is C82H160O17P2. The number of carbonyl (C=O) groups is 4. The normalized spacial score (nSPS) is 14.5. The van der Waals surface area contributed by atoms with E-state index in [-0.39, 0.29) is 25.7 Å². The third kappa shape index (κ3) is 73.4. The van der Waals surface area contributed by atoms with E-state index in [1.165, 1.54) is 218 Å². The highest BCUT2D eigenvalue weighted by molar-refractivity contribution is 7.47. The molecule has 101 heavy (non-hydrogen) atoms. The first kappa shape index (κ1) is 99.1. The van der Waals surface area contributed by atoms with Crippen molar-refractivity contribution < 1.29 is 80.2 Å². The monoisotopic (exact) mass is 1480 g/mol. The van der Waals surface area contributed by atoms with E-state index in [0.717, 1.165) is 120 Å². The van der Waals surface area contributed by atoms with Crippen molar-refractivity contribution in [1.82, 2.24) is 0 Å². The molecule has 0 spiro atoms. The molecule has 0 aliphatic rings. The van der Waals surface area contributed by atoms with E-state index >= 15 is 0 Å². The van der Waals surface area contributed by atoms with E-state index in [1.54, 1.807) is 0 Å². The number of esters is 4. The second-order valence-electron chi connectivity index (χ2n) is 31.0. The van der Waals surface area contributed by atoms with Crippen molar-refractivity contribution in [1.29, 1.82) is 0 Å². The lowest BCUT2D eigenvalue weighted by atomic mass is 9.99. The number of carbonyl (C=O) groups excluding carboxylic acids is 4. The first-order chi connectivity index (χ1) is 48.7. The summed E-state index contributed by atoms with van der Waals surface area (Å²) in [5, 5.41) is 10.6. The van der Waals surface area contributed by atoms with Crippen LogP contribution < -0.4 is 0 Å². The molecule has 7 atom stereocenters. The second-order valence-corrected chi connectivity index (χ2v) is 33.9. The molecule has 600 valence electrons. The lowest BCUT2D eigenvalue weighted by Gasteiger charge is -2.21. The number of unbranched alkanes of at least 4 members (excludes halogenated alkanes) is 43. The topological polar surface area (TPSA) is 237 Å². The average molecular weight is 1480 g/mol. The zero-order valence-electron chi connectivity index (χ0n) is 66.5. The van der Waals surface area contributed by atoms with Crippen molar-refractivity contribution in [2.75, 3.05) is 39.6 Å². The minimum absolute atomic E-state index is 0.106. The van der Waals surface area contributed by atoms with Gasteiger partial charge < -0.3 is 33.8 Å². The van der Waals surface area contributed by atoms with Crippen molar-refractivity contribution in [2.24, 2.45) is 23.7 Å². The minimum atomic E-state index is -4.96. The van der Waals surface area contributed by atoms with Gasteiger partial charge in [0.1, 0.15) is 19.3 Å². The van der Waals surface area contributed by atoms with Crippen LogP contribution in [0.25, 0.3) is 0 Å². The van der Waals surface area contributed by atoms with Gasteiger partial charge in [-0.1, -0.05) is 370 Å². The van der Waals surface area contributed by atoms with Crippen LogP contribution in [0.15, 0.2) is 0 Å². The maximum Gasteiger partial charge on any atom is 0.472 e. The summed E-state index contributed by atoms with van der Waals surface area (Å²) in [5.41, 5.74) is 0. The minimum Gasteiger partial charge on any atom is -0.462 e. The van der Waals surface area contributed by atoms with Crippen LogP contribution >= 0.6 is 15.6 Å². The molecule has 17 nitrogen and oxygen atoms in total. The highest BCUT2D eigenvalue weighted by Gasteiger charge is 2.30. The summed E-state index contributed by atoms with van der Waals surface area (Å²) in [6, 6.07) is 0. The molecule has 19 heteroatoms. The molecule has 0 aromatic heterocycles. The molecule has 0 aromatic carbocycles. The number of rotatable bonds is 79. The third-order valence-corrected chi connectivity index (χ3v) is 21.7. The summed E-state index contributed by atoms with van der Waals surface area (Å²) < 4.78 is 68.7. The van der Waals surface area contributed by atoms with E-state index in [9.17, 15) is 43.2 Å². The standard InChI is InChI=1S/C82H160O17P2/c1-9-74(7)60-52-44-36-30-26-27-33-39-49-57-65-82(87)98-77(68-92-79(84)62-54-46-37-31-24-20-16-12-11-14-18-22-28-34-42-50-58-72(3)4)70-96-100(88,89)94-66-76(83)67-95-101(90,91)97-71-78(69-93-80(85)63-55-47-41-40-45-53-61-75(8)10-2)99-81(86)64-56-48-38-32-25-21-17-13-15-19-23-29-35-43-51-59-73(5)6/h72-78,83H,9-71H2,1-8H3,(H,88,89)(H,90,91)/t74?,75?,76-,77-,78-/m1/s1. The molecule has 0 aliphatic heterocycles. The maximum absolute atomic E-state index is 13.1. The first-order valence-electron chi connectivity index (χ1n) is 42.3. The van der Waals surface area contributed by atoms with Crippen molar-refractivity contribution in [3.8, 4) is 0 Å². The summed E-state index contributed by atoms with van der Waals surface area (Å²) in [4.78, 5) is 73.1. The fourth-order valence-corrected chi connectivity index (χ4v) is 14.1. The van der Waals surface area contributed by atoms with Gasteiger partial charge in [0.15, 0.2) is 12.2 Å². The van der Waals surface area contributed by atoms with E-state index < -0.39 is 97.5 Å². The number of hydrogen-bond donors (Lipinski definition) is 3. The van der Waals surface area contributed by atoms with E-state index in [1.807, 2.05) is 0 Å².